The molecule has 1 N–H and O–H groups in total. The zero-order valence-corrected chi connectivity index (χ0v) is 9.03. The maximum Gasteiger partial charge on any atom is 0.0492 e. The van der Waals surface area contributed by atoms with Crippen LogP contribution in [0.1, 0.15) is 44.3 Å². The average Bonchev–Trinajstić information content (AvgIpc) is 2.67. The summed E-state index contributed by atoms with van der Waals surface area (Å²) in [5.74, 6) is 0.709. The van der Waals surface area contributed by atoms with Gasteiger partial charge >= 0.3 is 0 Å². The first-order valence-electron chi connectivity index (χ1n) is 5.53. The topological polar surface area (TPSA) is 29.9 Å². The van der Waals surface area contributed by atoms with Gasteiger partial charge in [-0.15, -0.1) is 0 Å². The Kier molecular flexibility index (Phi) is 2.87. The fraction of sp³-hybridized carbons (Fsp3) is 0.727. The lowest BCUT2D eigenvalue weighted by molar-refractivity contribution is 0.413. The van der Waals surface area contributed by atoms with E-state index in [1.807, 2.05) is 6.20 Å². The van der Waals surface area contributed by atoms with Crippen LogP contribution in [0.2, 0.25) is 0 Å². The van der Waals surface area contributed by atoms with E-state index in [1.54, 1.807) is 0 Å². The van der Waals surface area contributed by atoms with E-state index in [-0.39, 0.29) is 0 Å². The molecule has 1 aromatic heterocycles. The lowest BCUT2D eigenvalue weighted by Gasteiger charge is -2.24. The molecule has 0 spiro atoms. The van der Waals surface area contributed by atoms with Crippen molar-refractivity contribution >= 4 is 0 Å². The molecule has 2 rings (SSSR count). The zero-order chi connectivity index (χ0) is 9.97. The van der Waals surface area contributed by atoms with Gasteiger partial charge in [0.25, 0.3) is 0 Å². The molecule has 1 saturated heterocycles. The lowest BCUT2D eigenvalue weighted by Crippen LogP contribution is -2.28. The molecule has 0 atom stereocenters. The fourth-order valence-electron chi connectivity index (χ4n) is 2.20. The first-order valence-corrected chi connectivity index (χ1v) is 5.53. The molecule has 0 amide bonds. The van der Waals surface area contributed by atoms with Gasteiger partial charge in [-0.05, 0) is 45.8 Å². The van der Waals surface area contributed by atoms with Crippen molar-refractivity contribution in [2.75, 3.05) is 13.1 Å². The quantitative estimate of drug-likeness (QED) is 0.777. The number of hydrogen-bond donors (Lipinski definition) is 1. The minimum absolute atomic E-state index is 0.481. The van der Waals surface area contributed by atoms with E-state index < -0.39 is 0 Å². The Morgan fingerprint density at radius 1 is 1.43 bits per heavy atom. The Bertz CT molecular complexity index is 284. The van der Waals surface area contributed by atoms with Crippen molar-refractivity contribution < 1.29 is 0 Å². The Balaban J connectivity index is 2.17. The van der Waals surface area contributed by atoms with Crippen LogP contribution < -0.4 is 5.32 Å². The first-order chi connectivity index (χ1) is 6.79. The highest BCUT2D eigenvalue weighted by Crippen LogP contribution is 2.26. The van der Waals surface area contributed by atoms with Gasteiger partial charge < -0.3 is 5.32 Å². The maximum absolute atomic E-state index is 4.39. The van der Waals surface area contributed by atoms with E-state index in [0.717, 1.165) is 13.1 Å². The molecule has 0 aromatic carbocycles. The van der Waals surface area contributed by atoms with E-state index in [4.69, 9.17) is 0 Å². The van der Waals surface area contributed by atoms with Crippen LogP contribution in [-0.4, -0.2) is 22.9 Å². The fourth-order valence-corrected chi connectivity index (χ4v) is 2.20. The summed E-state index contributed by atoms with van der Waals surface area (Å²) in [6.07, 6.45) is 4.42. The molecule has 0 unspecified atom stereocenters. The van der Waals surface area contributed by atoms with Crippen LogP contribution in [0.3, 0.4) is 0 Å². The number of nitrogens with one attached hydrogen (secondary N) is 1. The second-order valence-corrected chi connectivity index (χ2v) is 4.32. The predicted molar refractivity (Wildman–Crippen MR) is 57.5 cm³/mol. The van der Waals surface area contributed by atoms with Gasteiger partial charge in [-0.1, -0.05) is 0 Å². The van der Waals surface area contributed by atoms with Crippen LogP contribution in [0.15, 0.2) is 12.3 Å². The first kappa shape index (κ1) is 9.71. The second-order valence-electron chi connectivity index (χ2n) is 4.32. The third-order valence-corrected chi connectivity index (χ3v) is 2.95. The highest BCUT2D eigenvalue weighted by atomic mass is 15.3. The molecule has 1 fully saturated rings. The number of piperidine rings is 1. The molecule has 1 aliphatic rings. The van der Waals surface area contributed by atoms with Gasteiger partial charge in [0.05, 0.1) is 0 Å². The summed E-state index contributed by atoms with van der Waals surface area (Å²) in [4.78, 5) is 0. The standard InChI is InChI=1S/C11H19N3/c1-9(2)14-11(5-8-13-14)10-3-6-12-7-4-10/h5,8-10,12H,3-4,6-7H2,1-2H3. The van der Waals surface area contributed by atoms with E-state index in [9.17, 15) is 0 Å². The molecule has 0 radical (unpaired) electrons. The van der Waals surface area contributed by atoms with Gasteiger partial charge in [-0.25, -0.2) is 0 Å². The van der Waals surface area contributed by atoms with Gasteiger partial charge in [-0.3, -0.25) is 4.68 Å². The Labute approximate surface area is 85.5 Å². The van der Waals surface area contributed by atoms with Crippen LogP contribution >= 0.6 is 0 Å². The van der Waals surface area contributed by atoms with Crippen molar-refractivity contribution in [1.82, 2.24) is 15.1 Å². The maximum atomic E-state index is 4.39. The van der Waals surface area contributed by atoms with E-state index in [1.165, 1.54) is 18.5 Å². The van der Waals surface area contributed by atoms with Crippen molar-refractivity contribution in [3.8, 4) is 0 Å². The SMILES string of the molecule is CC(C)n1nccc1C1CCNCC1. The van der Waals surface area contributed by atoms with Gasteiger partial charge in [0.1, 0.15) is 0 Å². The summed E-state index contributed by atoms with van der Waals surface area (Å²) < 4.78 is 2.16. The van der Waals surface area contributed by atoms with Crippen LogP contribution in [-0.2, 0) is 0 Å². The highest BCUT2D eigenvalue weighted by Gasteiger charge is 2.19. The molecule has 0 saturated carbocycles. The molecule has 14 heavy (non-hydrogen) atoms. The highest BCUT2D eigenvalue weighted by molar-refractivity contribution is 5.09. The van der Waals surface area contributed by atoms with Crippen molar-refractivity contribution in [2.24, 2.45) is 0 Å². The van der Waals surface area contributed by atoms with E-state index in [2.05, 4.69) is 35.0 Å². The molecular formula is C11H19N3. The van der Waals surface area contributed by atoms with Gasteiger partial charge in [0, 0.05) is 23.9 Å². The van der Waals surface area contributed by atoms with Crippen molar-refractivity contribution in [3.05, 3.63) is 18.0 Å². The normalized spacial score (nSPS) is 19.1. The summed E-state index contributed by atoms with van der Waals surface area (Å²) in [6, 6.07) is 2.66. The molecule has 3 nitrogen and oxygen atoms in total. The Morgan fingerprint density at radius 3 is 2.79 bits per heavy atom. The summed E-state index contributed by atoms with van der Waals surface area (Å²) in [5.41, 5.74) is 1.42. The predicted octanol–water partition coefficient (Wildman–Crippen LogP) is 1.93. The molecule has 0 bridgehead atoms. The minimum Gasteiger partial charge on any atom is -0.317 e. The Morgan fingerprint density at radius 2 is 2.14 bits per heavy atom. The second kappa shape index (κ2) is 4.13. The number of rotatable bonds is 2. The minimum atomic E-state index is 0.481. The van der Waals surface area contributed by atoms with E-state index in [0.29, 0.717) is 12.0 Å². The summed E-state index contributed by atoms with van der Waals surface area (Å²) in [6.45, 7) is 6.68. The van der Waals surface area contributed by atoms with Crippen LogP contribution in [0.5, 0.6) is 0 Å². The monoisotopic (exact) mass is 193 g/mol. The molecule has 3 heteroatoms. The number of hydrogen-bond acceptors (Lipinski definition) is 2. The van der Waals surface area contributed by atoms with Crippen LogP contribution in [0, 0.1) is 0 Å². The largest absolute Gasteiger partial charge is 0.317 e. The average molecular weight is 193 g/mol. The van der Waals surface area contributed by atoms with Gasteiger partial charge in [0.15, 0.2) is 0 Å². The molecule has 0 aliphatic carbocycles. The number of nitrogens with zero attached hydrogens (tertiary/aromatic N) is 2. The summed E-state index contributed by atoms with van der Waals surface area (Å²) in [7, 11) is 0. The van der Waals surface area contributed by atoms with Gasteiger partial charge in [-0.2, -0.15) is 5.10 Å². The number of aromatic nitrogens is 2. The lowest BCUT2D eigenvalue weighted by atomic mass is 9.94. The third-order valence-electron chi connectivity index (χ3n) is 2.95. The summed E-state index contributed by atoms with van der Waals surface area (Å²) >= 11 is 0. The van der Waals surface area contributed by atoms with Crippen molar-refractivity contribution in [1.29, 1.82) is 0 Å². The smallest absolute Gasteiger partial charge is 0.0492 e. The molecule has 1 aromatic rings. The summed E-state index contributed by atoms with van der Waals surface area (Å²) in [5, 5.41) is 7.78. The van der Waals surface area contributed by atoms with Gasteiger partial charge in [0.2, 0.25) is 0 Å². The molecule has 1 aliphatic heterocycles. The Hall–Kier alpha value is -0.830. The van der Waals surface area contributed by atoms with Crippen molar-refractivity contribution in [2.45, 2.75) is 38.6 Å². The third kappa shape index (κ3) is 1.82. The molecular weight excluding hydrogens is 174 g/mol. The molecule has 2 heterocycles. The van der Waals surface area contributed by atoms with Crippen molar-refractivity contribution in [3.63, 3.8) is 0 Å². The van der Waals surface area contributed by atoms with Crippen LogP contribution in [0.4, 0.5) is 0 Å². The zero-order valence-electron chi connectivity index (χ0n) is 9.03. The molecule has 78 valence electrons. The van der Waals surface area contributed by atoms with Crippen LogP contribution in [0.25, 0.3) is 0 Å². The van der Waals surface area contributed by atoms with E-state index >= 15 is 0 Å².